The van der Waals surface area contributed by atoms with E-state index in [0.29, 0.717) is 11.7 Å². The van der Waals surface area contributed by atoms with E-state index in [1.165, 1.54) is 0 Å². The summed E-state index contributed by atoms with van der Waals surface area (Å²) in [5.41, 5.74) is 3.69. The van der Waals surface area contributed by atoms with Crippen molar-refractivity contribution in [1.82, 2.24) is 9.97 Å². The van der Waals surface area contributed by atoms with E-state index in [4.69, 9.17) is 5.84 Å². The molecular weight excluding hydrogens is 242 g/mol. The molecule has 6 heteroatoms. The Morgan fingerprint density at radius 2 is 2.16 bits per heavy atom. The van der Waals surface area contributed by atoms with Crippen LogP contribution in [0.4, 0.5) is 11.6 Å². The summed E-state index contributed by atoms with van der Waals surface area (Å²) >= 11 is 0. The Morgan fingerprint density at radius 3 is 2.68 bits per heavy atom. The lowest BCUT2D eigenvalue weighted by molar-refractivity contribution is 0.109. The van der Waals surface area contributed by atoms with Gasteiger partial charge in [-0.05, 0) is 32.1 Å². The molecule has 2 heterocycles. The fraction of sp³-hybridized carbons (Fsp3) is 0.692. The molecule has 106 valence electrons. The van der Waals surface area contributed by atoms with Crippen LogP contribution in [0.2, 0.25) is 0 Å². The Labute approximate surface area is 114 Å². The Hall–Kier alpha value is -1.40. The van der Waals surface area contributed by atoms with Crippen molar-refractivity contribution in [3.63, 3.8) is 0 Å². The minimum absolute atomic E-state index is 0.223. The minimum atomic E-state index is -0.223. The van der Waals surface area contributed by atoms with E-state index in [9.17, 15) is 5.11 Å². The summed E-state index contributed by atoms with van der Waals surface area (Å²) in [4.78, 5) is 10.8. The van der Waals surface area contributed by atoms with Gasteiger partial charge in [0.1, 0.15) is 18.0 Å². The van der Waals surface area contributed by atoms with Gasteiger partial charge in [0.15, 0.2) is 0 Å². The van der Waals surface area contributed by atoms with E-state index in [1.54, 1.807) is 6.33 Å². The van der Waals surface area contributed by atoms with Crippen molar-refractivity contribution in [1.29, 1.82) is 0 Å². The molecule has 1 aliphatic heterocycles. The van der Waals surface area contributed by atoms with E-state index in [-0.39, 0.29) is 6.10 Å². The van der Waals surface area contributed by atoms with Crippen molar-refractivity contribution in [3.8, 4) is 0 Å². The van der Waals surface area contributed by atoms with Gasteiger partial charge in [-0.3, -0.25) is 0 Å². The lowest BCUT2D eigenvalue weighted by Gasteiger charge is -2.35. The number of nitrogens with zero attached hydrogens (tertiary/aromatic N) is 3. The Bertz CT molecular complexity index is 415. The maximum Gasteiger partial charge on any atom is 0.148 e. The van der Waals surface area contributed by atoms with Crippen molar-refractivity contribution in [2.45, 2.75) is 39.2 Å². The van der Waals surface area contributed by atoms with Gasteiger partial charge in [-0.15, -0.1) is 0 Å². The van der Waals surface area contributed by atoms with Crippen molar-refractivity contribution >= 4 is 11.6 Å². The summed E-state index contributed by atoms with van der Waals surface area (Å²) in [6, 6.07) is 0. The third kappa shape index (κ3) is 2.96. The van der Waals surface area contributed by atoms with Crippen LogP contribution in [0.15, 0.2) is 6.33 Å². The van der Waals surface area contributed by atoms with Gasteiger partial charge in [-0.1, -0.05) is 6.92 Å². The van der Waals surface area contributed by atoms with Gasteiger partial charge in [-0.2, -0.15) is 0 Å². The van der Waals surface area contributed by atoms with E-state index >= 15 is 0 Å². The van der Waals surface area contributed by atoms with Crippen LogP contribution < -0.4 is 16.2 Å². The fourth-order valence-electron chi connectivity index (χ4n) is 2.72. The zero-order chi connectivity index (χ0) is 13.8. The molecule has 6 nitrogen and oxygen atoms in total. The SMILES string of the molecule is CCc1c(NN)ncnc1N1CCC(C(C)O)CC1. The predicted molar refractivity (Wildman–Crippen MR) is 75.8 cm³/mol. The quantitative estimate of drug-likeness (QED) is 0.554. The van der Waals surface area contributed by atoms with Crippen molar-refractivity contribution in [3.05, 3.63) is 11.9 Å². The average Bonchev–Trinajstić information content (AvgIpc) is 2.46. The van der Waals surface area contributed by atoms with Gasteiger partial charge < -0.3 is 15.4 Å². The number of rotatable bonds is 4. The third-order valence-corrected chi connectivity index (χ3v) is 3.93. The number of aromatic nitrogens is 2. The van der Waals surface area contributed by atoms with Crippen LogP contribution in [0.5, 0.6) is 0 Å². The highest BCUT2D eigenvalue weighted by atomic mass is 16.3. The summed E-state index contributed by atoms with van der Waals surface area (Å²) in [6.45, 7) is 5.79. The van der Waals surface area contributed by atoms with Crippen molar-refractivity contribution in [2.24, 2.45) is 11.8 Å². The minimum Gasteiger partial charge on any atom is -0.393 e. The highest BCUT2D eigenvalue weighted by Gasteiger charge is 2.25. The highest BCUT2D eigenvalue weighted by Crippen LogP contribution is 2.28. The van der Waals surface area contributed by atoms with E-state index < -0.39 is 0 Å². The molecule has 0 saturated carbocycles. The molecule has 1 fully saturated rings. The smallest absolute Gasteiger partial charge is 0.148 e. The zero-order valence-electron chi connectivity index (χ0n) is 11.6. The lowest BCUT2D eigenvalue weighted by atomic mass is 9.92. The third-order valence-electron chi connectivity index (χ3n) is 3.93. The molecule has 0 radical (unpaired) electrons. The summed E-state index contributed by atoms with van der Waals surface area (Å²) in [5.74, 6) is 7.56. The highest BCUT2D eigenvalue weighted by molar-refractivity contribution is 5.58. The maximum atomic E-state index is 9.65. The molecule has 1 aromatic rings. The van der Waals surface area contributed by atoms with Crippen LogP contribution in [0.1, 0.15) is 32.3 Å². The monoisotopic (exact) mass is 265 g/mol. The Morgan fingerprint density at radius 1 is 1.47 bits per heavy atom. The second kappa shape index (κ2) is 6.16. The molecule has 0 spiro atoms. The number of hydrogen-bond donors (Lipinski definition) is 3. The van der Waals surface area contributed by atoms with Gasteiger partial charge >= 0.3 is 0 Å². The van der Waals surface area contributed by atoms with Gasteiger partial charge in [-0.25, -0.2) is 15.8 Å². The number of hydrazine groups is 1. The Balaban J connectivity index is 2.15. The molecule has 19 heavy (non-hydrogen) atoms. The van der Waals surface area contributed by atoms with Crippen LogP contribution in [0.25, 0.3) is 0 Å². The van der Waals surface area contributed by atoms with Crippen LogP contribution >= 0.6 is 0 Å². The first-order valence-corrected chi connectivity index (χ1v) is 6.90. The second-order valence-corrected chi connectivity index (χ2v) is 5.09. The standard InChI is InChI=1S/C13H23N5O/c1-3-11-12(17-14)15-8-16-13(11)18-6-4-10(5-7-18)9(2)19/h8-10,19H,3-7,14H2,1-2H3,(H,15,16,17). The fourth-order valence-corrected chi connectivity index (χ4v) is 2.72. The molecule has 1 aromatic heterocycles. The van der Waals surface area contributed by atoms with Gasteiger partial charge in [0.2, 0.25) is 0 Å². The number of aliphatic hydroxyl groups is 1. The normalized spacial score (nSPS) is 18.4. The summed E-state index contributed by atoms with van der Waals surface area (Å²) < 4.78 is 0. The molecule has 4 N–H and O–H groups in total. The van der Waals surface area contributed by atoms with Crippen LogP contribution in [0.3, 0.4) is 0 Å². The number of nitrogen functional groups attached to an aromatic ring is 1. The van der Waals surface area contributed by atoms with Crippen LogP contribution in [0, 0.1) is 5.92 Å². The number of piperidine rings is 1. The number of hydrogen-bond acceptors (Lipinski definition) is 6. The van der Waals surface area contributed by atoms with Crippen molar-refractivity contribution < 1.29 is 5.11 Å². The van der Waals surface area contributed by atoms with E-state index in [1.807, 2.05) is 6.92 Å². The largest absolute Gasteiger partial charge is 0.393 e. The predicted octanol–water partition coefficient (Wildman–Crippen LogP) is 0.922. The summed E-state index contributed by atoms with van der Waals surface area (Å²) in [5, 5.41) is 9.65. The van der Waals surface area contributed by atoms with E-state index in [2.05, 4.69) is 27.2 Å². The van der Waals surface area contributed by atoms with Gasteiger partial charge in [0, 0.05) is 18.7 Å². The molecular formula is C13H23N5O. The molecule has 0 amide bonds. The second-order valence-electron chi connectivity index (χ2n) is 5.09. The first-order chi connectivity index (χ1) is 9.17. The molecule has 1 aliphatic rings. The molecule has 0 bridgehead atoms. The zero-order valence-corrected chi connectivity index (χ0v) is 11.6. The lowest BCUT2D eigenvalue weighted by Crippen LogP contribution is -2.38. The molecule has 0 aromatic carbocycles. The van der Waals surface area contributed by atoms with Gasteiger partial charge in [0.05, 0.1) is 6.10 Å². The summed E-state index contributed by atoms with van der Waals surface area (Å²) in [7, 11) is 0. The van der Waals surface area contributed by atoms with Crippen LogP contribution in [-0.2, 0) is 6.42 Å². The molecule has 0 aliphatic carbocycles. The van der Waals surface area contributed by atoms with Gasteiger partial charge in [0.25, 0.3) is 0 Å². The number of nitrogens with two attached hydrogens (primary N) is 1. The van der Waals surface area contributed by atoms with E-state index in [0.717, 1.165) is 43.7 Å². The number of anilines is 2. The first-order valence-electron chi connectivity index (χ1n) is 6.90. The maximum absolute atomic E-state index is 9.65. The first kappa shape index (κ1) is 14.0. The molecule has 2 rings (SSSR count). The molecule has 1 saturated heterocycles. The number of nitrogens with one attached hydrogen (secondary N) is 1. The number of aliphatic hydroxyl groups excluding tert-OH is 1. The van der Waals surface area contributed by atoms with Crippen molar-refractivity contribution in [2.75, 3.05) is 23.4 Å². The molecule has 1 unspecified atom stereocenters. The van der Waals surface area contributed by atoms with Crippen LogP contribution in [-0.4, -0.2) is 34.3 Å². The summed E-state index contributed by atoms with van der Waals surface area (Å²) in [6.07, 6.45) is 4.16. The average molecular weight is 265 g/mol. The molecule has 1 atom stereocenters. The Kier molecular flexibility index (Phi) is 4.55. The topological polar surface area (TPSA) is 87.3 Å².